The molecular formula is C19H17NO. The van der Waals surface area contributed by atoms with Crippen molar-refractivity contribution in [3.05, 3.63) is 71.3 Å². The fraction of sp³-hybridized carbons (Fsp3) is 0.105. The smallest absolute Gasteiger partial charge is 0.132 e. The van der Waals surface area contributed by atoms with Crippen molar-refractivity contribution in [3.63, 3.8) is 0 Å². The topological polar surface area (TPSA) is 32.6 Å². The van der Waals surface area contributed by atoms with Crippen LogP contribution in [0.4, 0.5) is 5.69 Å². The van der Waals surface area contributed by atoms with E-state index in [0.717, 1.165) is 22.0 Å². The number of rotatable bonds is 2. The highest BCUT2D eigenvalue weighted by Crippen LogP contribution is 2.28. The Hall–Kier alpha value is -2.61. The monoisotopic (exact) mass is 275 g/mol. The number of phenolic OH excluding ortho intramolecular Hbond substituents is 1. The van der Waals surface area contributed by atoms with Gasteiger partial charge in [-0.25, -0.2) is 0 Å². The molecule has 2 heteroatoms. The molecule has 3 aromatic carbocycles. The van der Waals surface area contributed by atoms with Crippen molar-refractivity contribution in [2.45, 2.75) is 13.8 Å². The lowest BCUT2D eigenvalue weighted by Crippen LogP contribution is -1.85. The summed E-state index contributed by atoms with van der Waals surface area (Å²) in [6, 6.07) is 17.8. The predicted molar refractivity (Wildman–Crippen MR) is 88.8 cm³/mol. The summed E-state index contributed by atoms with van der Waals surface area (Å²) in [5.74, 6) is 0.278. The summed E-state index contributed by atoms with van der Waals surface area (Å²) < 4.78 is 0. The van der Waals surface area contributed by atoms with E-state index in [1.165, 1.54) is 11.1 Å². The maximum absolute atomic E-state index is 10.3. The van der Waals surface area contributed by atoms with Crippen LogP contribution in [-0.4, -0.2) is 11.3 Å². The minimum Gasteiger partial charge on any atom is -0.507 e. The highest BCUT2D eigenvalue weighted by Gasteiger charge is 2.03. The number of hydrogen-bond acceptors (Lipinski definition) is 2. The van der Waals surface area contributed by atoms with Crippen LogP contribution in [0.15, 0.2) is 59.6 Å². The summed E-state index contributed by atoms with van der Waals surface area (Å²) in [5.41, 5.74) is 4.09. The normalized spacial score (nSPS) is 11.3. The van der Waals surface area contributed by atoms with E-state index in [2.05, 4.69) is 24.9 Å². The van der Waals surface area contributed by atoms with Crippen LogP contribution in [0.1, 0.15) is 16.7 Å². The second-order valence-corrected chi connectivity index (χ2v) is 5.25. The maximum Gasteiger partial charge on any atom is 0.132 e. The first-order valence-corrected chi connectivity index (χ1v) is 6.97. The number of aromatic hydroxyl groups is 1. The van der Waals surface area contributed by atoms with Crippen LogP contribution in [0.2, 0.25) is 0 Å². The fourth-order valence-electron chi connectivity index (χ4n) is 2.33. The lowest BCUT2D eigenvalue weighted by atomic mass is 10.1. The van der Waals surface area contributed by atoms with Gasteiger partial charge in [-0.2, -0.15) is 0 Å². The molecule has 0 atom stereocenters. The van der Waals surface area contributed by atoms with Crippen molar-refractivity contribution in [1.82, 2.24) is 0 Å². The van der Waals surface area contributed by atoms with E-state index in [1.807, 2.05) is 48.5 Å². The largest absolute Gasteiger partial charge is 0.507 e. The molecule has 0 unspecified atom stereocenters. The fourth-order valence-corrected chi connectivity index (χ4v) is 2.33. The van der Waals surface area contributed by atoms with Gasteiger partial charge in [-0.05, 0) is 48.6 Å². The molecule has 0 aliphatic rings. The molecule has 0 aliphatic heterocycles. The van der Waals surface area contributed by atoms with Crippen LogP contribution in [0.5, 0.6) is 5.75 Å². The van der Waals surface area contributed by atoms with Crippen molar-refractivity contribution in [2.75, 3.05) is 0 Å². The number of phenols is 1. The van der Waals surface area contributed by atoms with E-state index in [0.29, 0.717) is 0 Å². The number of fused-ring (bicyclic) bond motifs is 1. The number of aliphatic imine (C=N–C) groups is 1. The lowest BCUT2D eigenvalue weighted by Gasteiger charge is -2.04. The molecule has 0 amide bonds. The molecule has 0 saturated heterocycles. The van der Waals surface area contributed by atoms with Gasteiger partial charge in [0.2, 0.25) is 0 Å². The Labute approximate surface area is 124 Å². The van der Waals surface area contributed by atoms with Crippen LogP contribution in [0.3, 0.4) is 0 Å². The number of benzene rings is 3. The van der Waals surface area contributed by atoms with E-state index in [4.69, 9.17) is 0 Å². The van der Waals surface area contributed by atoms with Crippen molar-refractivity contribution in [3.8, 4) is 5.75 Å². The highest BCUT2D eigenvalue weighted by atomic mass is 16.3. The Morgan fingerprint density at radius 3 is 2.52 bits per heavy atom. The van der Waals surface area contributed by atoms with E-state index in [1.54, 1.807) is 6.21 Å². The molecule has 0 spiro atoms. The Morgan fingerprint density at radius 2 is 1.71 bits per heavy atom. The second-order valence-electron chi connectivity index (χ2n) is 5.25. The molecule has 0 heterocycles. The first-order valence-electron chi connectivity index (χ1n) is 6.97. The first kappa shape index (κ1) is 13.4. The van der Waals surface area contributed by atoms with Crippen molar-refractivity contribution in [1.29, 1.82) is 0 Å². The summed E-state index contributed by atoms with van der Waals surface area (Å²) in [7, 11) is 0. The Kier molecular flexibility index (Phi) is 3.44. The van der Waals surface area contributed by atoms with Crippen molar-refractivity contribution in [2.24, 2.45) is 4.99 Å². The standard InChI is InChI=1S/C19H17NO/c1-13-7-10-17(11-14(13)2)20-12-16-9-8-15-5-3-4-6-18(15)19(16)21/h3-12,21H,1-2H3. The molecule has 0 aliphatic carbocycles. The van der Waals surface area contributed by atoms with Gasteiger partial charge < -0.3 is 5.11 Å². The zero-order chi connectivity index (χ0) is 14.8. The minimum absolute atomic E-state index is 0.278. The first-order chi connectivity index (χ1) is 10.1. The average molecular weight is 275 g/mol. The molecule has 0 saturated carbocycles. The molecule has 3 aromatic rings. The minimum atomic E-state index is 0.278. The third-order valence-electron chi connectivity index (χ3n) is 3.77. The number of aryl methyl sites for hydroxylation is 2. The van der Waals surface area contributed by atoms with E-state index in [-0.39, 0.29) is 5.75 Å². The molecule has 0 bridgehead atoms. The molecule has 0 fully saturated rings. The van der Waals surface area contributed by atoms with Crippen LogP contribution in [0, 0.1) is 13.8 Å². The SMILES string of the molecule is Cc1ccc(N=Cc2ccc3ccccc3c2O)cc1C. The van der Waals surface area contributed by atoms with Crippen LogP contribution in [-0.2, 0) is 0 Å². The van der Waals surface area contributed by atoms with Crippen LogP contribution in [0.25, 0.3) is 10.8 Å². The van der Waals surface area contributed by atoms with Gasteiger partial charge in [0.15, 0.2) is 0 Å². The number of hydrogen-bond donors (Lipinski definition) is 1. The zero-order valence-electron chi connectivity index (χ0n) is 12.2. The molecule has 21 heavy (non-hydrogen) atoms. The summed E-state index contributed by atoms with van der Waals surface area (Å²) in [6.07, 6.45) is 1.71. The molecule has 2 nitrogen and oxygen atoms in total. The third-order valence-corrected chi connectivity index (χ3v) is 3.77. The van der Waals surface area contributed by atoms with E-state index >= 15 is 0 Å². The van der Waals surface area contributed by atoms with Gasteiger partial charge in [0, 0.05) is 17.2 Å². The molecule has 3 rings (SSSR count). The van der Waals surface area contributed by atoms with Gasteiger partial charge in [0.05, 0.1) is 5.69 Å². The molecular weight excluding hydrogens is 258 g/mol. The summed E-state index contributed by atoms with van der Waals surface area (Å²) in [5, 5.41) is 12.2. The highest BCUT2D eigenvalue weighted by molar-refractivity contribution is 5.97. The van der Waals surface area contributed by atoms with Crippen LogP contribution >= 0.6 is 0 Å². The zero-order valence-corrected chi connectivity index (χ0v) is 12.2. The van der Waals surface area contributed by atoms with Gasteiger partial charge in [0.1, 0.15) is 5.75 Å². The van der Waals surface area contributed by atoms with Gasteiger partial charge in [0.25, 0.3) is 0 Å². The van der Waals surface area contributed by atoms with E-state index < -0.39 is 0 Å². The Balaban J connectivity index is 1.99. The van der Waals surface area contributed by atoms with Gasteiger partial charge >= 0.3 is 0 Å². The third kappa shape index (κ3) is 2.65. The van der Waals surface area contributed by atoms with E-state index in [9.17, 15) is 5.11 Å². The maximum atomic E-state index is 10.3. The summed E-state index contributed by atoms with van der Waals surface area (Å²) in [6.45, 7) is 4.15. The van der Waals surface area contributed by atoms with Gasteiger partial charge in [-0.1, -0.05) is 36.4 Å². The van der Waals surface area contributed by atoms with Crippen LogP contribution < -0.4 is 0 Å². The molecule has 1 N–H and O–H groups in total. The predicted octanol–water partition coefficient (Wildman–Crippen LogP) is 4.91. The van der Waals surface area contributed by atoms with Crippen molar-refractivity contribution < 1.29 is 5.11 Å². The average Bonchev–Trinajstić information content (AvgIpc) is 2.50. The van der Waals surface area contributed by atoms with Gasteiger partial charge in [-0.3, -0.25) is 4.99 Å². The molecule has 0 aromatic heterocycles. The quantitative estimate of drug-likeness (QED) is 0.662. The van der Waals surface area contributed by atoms with Gasteiger partial charge in [-0.15, -0.1) is 0 Å². The second kappa shape index (κ2) is 5.41. The Bertz CT molecular complexity index is 834. The lowest BCUT2D eigenvalue weighted by molar-refractivity contribution is 0.481. The molecule has 104 valence electrons. The summed E-state index contributed by atoms with van der Waals surface area (Å²) in [4.78, 5) is 4.46. The van der Waals surface area contributed by atoms with Crippen molar-refractivity contribution >= 4 is 22.7 Å². The number of nitrogens with zero attached hydrogens (tertiary/aromatic N) is 1. The Morgan fingerprint density at radius 1 is 0.905 bits per heavy atom. The summed E-state index contributed by atoms with van der Waals surface area (Å²) >= 11 is 0. The molecule has 0 radical (unpaired) electrons.